The normalized spacial score (nSPS) is 14.6. The first kappa shape index (κ1) is 83.1. The van der Waals surface area contributed by atoms with Crippen LogP contribution < -0.4 is 0 Å². The maximum atomic E-state index is 13.0. The first-order chi connectivity index (χ1) is 40.8. The number of hydrogen-bond donors (Lipinski definition) is 3. The number of carbonyl (C=O) groups is 4. The zero-order chi connectivity index (χ0) is 63.1. The molecule has 6 atom stereocenters. The number of rotatable bonds is 64. The molecule has 85 heavy (non-hydrogen) atoms. The molecule has 0 aliphatic rings. The SMILES string of the molecule is CCCCCCCCCCCCCCCCCC(=O)O[C@H](COC(=O)CCCCCCCCCCC(C)C)COP(=O)(O)OC[C@@H](O)COP(=O)(O)OC[C@@H](COC(=O)CCCCCCCCC(C)C)OC(=O)CCCCCCCCC(C)CC. The van der Waals surface area contributed by atoms with Gasteiger partial charge in [-0.3, -0.25) is 37.3 Å². The Hall–Kier alpha value is -1.94. The summed E-state index contributed by atoms with van der Waals surface area (Å²) in [4.78, 5) is 72.3. The van der Waals surface area contributed by atoms with Crippen LogP contribution in [0.5, 0.6) is 0 Å². The van der Waals surface area contributed by atoms with Crippen molar-refractivity contribution in [1.29, 1.82) is 0 Å². The van der Waals surface area contributed by atoms with Crippen LogP contribution in [0.3, 0.4) is 0 Å². The van der Waals surface area contributed by atoms with Crippen molar-refractivity contribution < 1.29 is 80.2 Å². The van der Waals surface area contributed by atoms with E-state index in [0.29, 0.717) is 31.6 Å². The van der Waals surface area contributed by atoms with Crippen LogP contribution in [0.15, 0.2) is 0 Å². The number of aliphatic hydroxyl groups is 1. The number of phosphoric ester groups is 2. The lowest BCUT2D eigenvalue weighted by Crippen LogP contribution is -2.30. The molecule has 0 rings (SSSR count). The Balaban J connectivity index is 5.24. The Labute approximate surface area is 517 Å². The van der Waals surface area contributed by atoms with Crippen molar-refractivity contribution in [3.05, 3.63) is 0 Å². The van der Waals surface area contributed by atoms with Crippen molar-refractivity contribution in [3.8, 4) is 0 Å². The molecule has 0 heterocycles. The van der Waals surface area contributed by atoms with E-state index in [1.807, 2.05) is 0 Å². The maximum absolute atomic E-state index is 13.0. The molecule has 0 fully saturated rings. The third kappa shape index (κ3) is 59.5. The molecule has 19 heteroatoms. The highest BCUT2D eigenvalue weighted by Gasteiger charge is 2.30. The number of aliphatic hydroxyl groups excluding tert-OH is 1. The molecule has 0 aromatic rings. The Morgan fingerprint density at radius 3 is 0.894 bits per heavy atom. The van der Waals surface area contributed by atoms with Crippen LogP contribution in [0.4, 0.5) is 0 Å². The molecule has 0 bridgehead atoms. The minimum atomic E-state index is -4.95. The largest absolute Gasteiger partial charge is 0.472 e. The van der Waals surface area contributed by atoms with Crippen LogP contribution in [0.1, 0.15) is 325 Å². The van der Waals surface area contributed by atoms with E-state index in [9.17, 15) is 43.2 Å². The molecule has 0 saturated carbocycles. The van der Waals surface area contributed by atoms with Crippen molar-refractivity contribution in [2.75, 3.05) is 39.6 Å². The summed E-state index contributed by atoms with van der Waals surface area (Å²) in [6.45, 7) is 11.6. The highest BCUT2D eigenvalue weighted by molar-refractivity contribution is 7.47. The third-order valence-electron chi connectivity index (χ3n) is 15.5. The number of unbranched alkanes of at least 4 members (excludes halogenated alkanes) is 31. The fraction of sp³-hybridized carbons (Fsp3) is 0.939. The molecule has 3 unspecified atom stereocenters. The average Bonchev–Trinajstić information content (AvgIpc) is 3.57. The fourth-order valence-corrected chi connectivity index (χ4v) is 11.4. The lowest BCUT2D eigenvalue weighted by atomic mass is 10.00. The van der Waals surface area contributed by atoms with Crippen LogP contribution >= 0.6 is 15.6 Å². The second-order valence-electron chi connectivity index (χ2n) is 25.1. The van der Waals surface area contributed by atoms with Gasteiger partial charge >= 0.3 is 39.5 Å². The second-order valence-corrected chi connectivity index (χ2v) is 28.0. The second kappa shape index (κ2) is 57.2. The summed E-state index contributed by atoms with van der Waals surface area (Å²) in [5.74, 6) is -0.0107. The van der Waals surface area contributed by atoms with E-state index in [0.717, 1.165) is 108 Å². The summed E-state index contributed by atoms with van der Waals surface area (Å²) in [7, 11) is -9.89. The van der Waals surface area contributed by atoms with Crippen LogP contribution in [0.25, 0.3) is 0 Å². The average molecular weight is 1260 g/mol. The molecule has 0 saturated heterocycles. The van der Waals surface area contributed by atoms with Crippen molar-refractivity contribution in [2.24, 2.45) is 17.8 Å². The zero-order valence-electron chi connectivity index (χ0n) is 55.1. The molecule has 0 aliphatic heterocycles. The van der Waals surface area contributed by atoms with Crippen LogP contribution in [0.2, 0.25) is 0 Å². The van der Waals surface area contributed by atoms with Gasteiger partial charge in [0.2, 0.25) is 0 Å². The van der Waals surface area contributed by atoms with Crippen LogP contribution in [-0.2, 0) is 65.4 Å². The van der Waals surface area contributed by atoms with Crippen molar-refractivity contribution in [3.63, 3.8) is 0 Å². The summed E-state index contributed by atoms with van der Waals surface area (Å²) in [6.07, 6.45) is 39.2. The number of carbonyl (C=O) groups excluding carboxylic acids is 4. The van der Waals surface area contributed by atoms with E-state index in [1.54, 1.807) is 0 Å². The number of phosphoric acid groups is 2. The van der Waals surface area contributed by atoms with Gasteiger partial charge in [-0.05, 0) is 43.4 Å². The molecule has 3 N–H and O–H groups in total. The first-order valence-corrected chi connectivity index (χ1v) is 37.4. The predicted molar refractivity (Wildman–Crippen MR) is 340 cm³/mol. The standard InChI is InChI=1S/C66H128O17P2/c1-8-10-11-12-13-14-15-16-17-18-19-20-25-35-42-49-65(70)82-61(53-76-63(68)47-40-33-24-22-21-23-30-37-44-57(3)4)55-80-84(72,73)78-51-60(67)52-79-85(74,75)81-56-62(54-77-64(69)48-41-34-28-26-31-38-45-58(5)6)83-66(71)50-43-36-29-27-32-39-46-59(7)9-2/h57-62,67H,8-56H2,1-7H3,(H,72,73)(H,74,75)/t59?,60-,61-,62-/m1/s1. The summed E-state index contributed by atoms with van der Waals surface area (Å²) in [5, 5.41) is 10.5. The smallest absolute Gasteiger partial charge is 0.462 e. The fourth-order valence-electron chi connectivity index (χ4n) is 9.80. The summed E-state index contributed by atoms with van der Waals surface area (Å²) in [5.41, 5.74) is 0. The van der Waals surface area contributed by atoms with Gasteiger partial charge < -0.3 is 33.8 Å². The van der Waals surface area contributed by atoms with Crippen molar-refractivity contribution in [1.82, 2.24) is 0 Å². The molecular formula is C66H128O17P2. The Morgan fingerprint density at radius 2 is 0.600 bits per heavy atom. The lowest BCUT2D eigenvalue weighted by molar-refractivity contribution is -0.161. The topological polar surface area (TPSA) is 237 Å². The number of hydrogen-bond acceptors (Lipinski definition) is 15. The van der Waals surface area contributed by atoms with Gasteiger partial charge in [-0.1, -0.05) is 273 Å². The minimum absolute atomic E-state index is 0.102. The van der Waals surface area contributed by atoms with E-state index in [4.69, 9.17) is 37.0 Å². The van der Waals surface area contributed by atoms with Gasteiger partial charge in [-0.15, -0.1) is 0 Å². The van der Waals surface area contributed by atoms with Gasteiger partial charge in [-0.2, -0.15) is 0 Å². The van der Waals surface area contributed by atoms with Gasteiger partial charge in [0.25, 0.3) is 0 Å². The van der Waals surface area contributed by atoms with Gasteiger partial charge in [0.1, 0.15) is 19.3 Å². The maximum Gasteiger partial charge on any atom is 0.472 e. The van der Waals surface area contributed by atoms with E-state index in [2.05, 4.69) is 48.5 Å². The highest BCUT2D eigenvalue weighted by atomic mass is 31.2. The Kier molecular flexibility index (Phi) is 55.9. The van der Waals surface area contributed by atoms with E-state index in [1.165, 1.54) is 128 Å². The quantitative estimate of drug-likeness (QED) is 0.0222. The highest BCUT2D eigenvalue weighted by Crippen LogP contribution is 2.45. The summed E-state index contributed by atoms with van der Waals surface area (Å²) in [6, 6.07) is 0. The summed E-state index contributed by atoms with van der Waals surface area (Å²) >= 11 is 0. The molecule has 504 valence electrons. The Morgan fingerprint density at radius 1 is 0.341 bits per heavy atom. The third-order valence-corrected chi connectivity index (χ3v) is 17.4. The molecule has 0 aliphatic carbocycles. The van der Waals surface area contributed by atoms with Crippen molar-refractivity contribution in [2.45, 2.75) is 343 Å². The van der Waals surface area contributed by atoms with E-state index in [-0.39, 0.29) is 25.7 Å². The predicted octanol–water partition coefficient (Wildman–Crippen LogP) is 18.3. The van der Waals surface area contributed by atoms with Crippen LogP contribution in [0, 0.1) is 17.8 Å². The molecule has 0 aromatic carbocycles. The molecule has 0 amide bonds. The van der Waals surface area contributed by atoms with Gasteiger partial charge in [-0.25, -0.2) is 9.13 Å². The molecule has 0 radical (unpaired) electrons. The molecule has 0 aromatic heterocycles. The number of esters is 4. The minimum Gasteiger partial charge on any atom is -0.462 e. The monoisotopic (exact) mass is 1250 g/mol. The van der Waals surface area contributed by atoms with Gasteiger partial charge in [0.05, 0.1) is 26.4 Å². The van der Waals surface area contributed by atoms with Gasteiger partial charge in [0.15, 0.2) is 12.2 Å². The first-order valence-electron chi connectivity index (χ1n) is 34.4. The van der Waals surface area contributed by atoms with E-state index < -0.39 is 97.5 Å². The summed E-state index contributed by atoms with van der Waals surface area (Å²) < 4.78 is 68.1. The number of ether oxygens (including phenoxy) is 4. The molecular weight excluding hydrogens is 1130 g/mol. The van der Waals surface area contributed by atoms with Gasteiger partial charge in [0, 0.05) is 25.7 Å². The lowest BCUT2D eigenvalue weighted by Gasteiger charge is -2.21. The Bertz CT molecular complexity index is 1680. The molecule has 17 nitrogen and oxygen atoms in total. The zero-order valence-corrected chi connectivity index (χ0v) is 56.9. The van der Waals surface area contributed by atoms with Crippen molar-refractivity contribution >= 4 is 39.5 Å². The van der Waals surface area contributed by atoms with E-state index >= 15 is 0 Å². The van der Waals surface area contributed by atoms with Crippen LogP contribution in [-0.4, -0.2) is 96.7 Å². The molecule has 0 spiro atoms.